The van der Waals surface area contributed by atoms with E-state index in [0.29, 0.717) is 5.54 Å². The summed E-state index contributed by atoms with van der Waals surface area (Å²) in [6, 6.07) is 2.30. The molecule has 1 saturated heterocycles. The average Bonchev–Trinajstić information content (AvgIpc) is 2.90. The van der Waals surface area contributed by atoms with Crippen molar-refractivity contribution in [3.63, 3.8) is 0 Å². The third kappa shape index (κ3) is 3.39. The van der Waals surface area contributed by atoms with Gasteiger partial charge in [-0.2, -0.15) is 0 Å². The van der Waals surface area contributed by atoms with E-state index in [-0.39, 0.29) is 5.54 Å². The zero-order chi connectivity index (χ0) is 14.9. The fraction of sp³-hybridized carbons (Fsp3) is 0.765. The SMILES string of the molecule is CCC1(C)CN(Cc2cc(Br)cs2)C2(CCCCC2)CN1. The van der Waals surface area contributed by atoms with E-state index in [2.05, 4.69) is 51.4 Å². The molecule has 0 amide bonds. The van der Waals surface area contributed by atoms with E-state index < -0.39 is 0 Å². The predicted molar refractivity (Wildman–Crippen MR) is 94.9 cm³/mol. The Hall–Kier alpha value is 0.1000. The van der Waals surface area contributed by atoms with Crippen LogP contribution in [0, 0.1) is 0 Å². The standard InChI is InChI=1S/C17H27BrN2S/c1-3-16(2)13-20(10-15-9-14(18)11-21-15)17(12-19-16)7-5-4-6-8-17/h9,11,19H,3-8,10,12-13H2,1-2H3. The molecule has 1 atom stereocenters. The molecule has 2 aliphatic rings. The van der Waals surface area contributed by atoms with Crippen LogP contribution in [0.3, 0.4) is 0 Å². The Morgan fingerprint density at radius 1 is 1.33 bits per heavy atom. The highest BCUT2D eigenvalue weighted by molar-refractivity contribution is 9.10. The Kier molecular flexibility index (Phi) is 4.80. The number of thiophene rings is 1. The molecule has 0 radical (unpaired) electrons. The lowest BCUT2D eigenvalue weighted by Crippen LogP contribution is -2.69. The molecule has 1 unspecified atom stereocenters. The molecular weight excluding hydrogens is 344 g/mol. The minimum atomic E-state index is 0.275. The Labute approximate surface area is 141 Å². The molecule has 1 spiro atoms. The number of nitrogens with zero attached hydrogens (tertiary/aromatic N) is 1. The monoisotopic (exact) mass is 370 g/mol. The lowest BCUT2D eigenvalue weighted by Gasteiger charge is -2.55. The number of piperazine rings is 1. The fourth-order valence-corrected chi connectivity index (χ4v) is 5.39. The third-order valence-electron chi connectivity index (χ3n) is 5.59. The number of hydrogen-bond donors (Lipinski definition) is 1. The summed E-state index contributed by atoms with van der Waals surface area (Å²) in [5, 5.41) is 6.09. The molecule has 118 valence electrons. The van der Waals surface area contributed by atoms with Gasteiger partial charge in [0.1, 0.15) is 0 Å². The normalized spacial score (nSPS) is 29.9. The van der Waals surface area contributed by atoms with E-state index in [1.165, 1.54) is 61.0 Å². The molecule has 2 fully saturated rings. The van der Waals surface area contributed by atoms with Crippen LogP contribution in [0.2, 0.25) is 0 Å². The van der Waals surface area contributed by atoms with Crippen molar-refractivity contribution < 1.29 is 0 Å². The molecule has 0 aromatic carbocycles. The summed E-state index contributed by atoms with van der Waals surface area (Å²) in [5.41, 5.74) is 0.681. The summed E-state index contributed by atoms with van der Waals surface area (Å²) in [4.78, 5) is 4.30. The first-order valence-corrected chi connectivity index (χ1v) is 9.96. The molecule has 4 heteroatoms. The van der Waals surface area contributed by atoms with Crippen molar-refractivity contribution in [1.82, 2.24) is 10.2 Å². The van der Waals surface area contributed by atoms with Gasteiger partial charge in [0.15, 0.2) is 0 Å². The molecule has 1 saturated carbocycles. The minimum absolute atomic E-state index is 0.275. The largest absolute Gasteiger partial charge is 0.308 e. The van der Waals surface area contributed by atoms with E-state index in [4.69, 9.17) is 0 Å². The summed E-state index contributed by atoms with van der Waals surface area (Å²) < 4.78 is 1.23. The zero-order valence-electron chi connectivity index (χ0n) is 13.3. The molecule has 2 heterocycles. The summed E-state index contributed by atoms with van der Waals surface area (Å²) >= 11 is 5.49. The van der Waals surface area contributed by atoms with Gasteiger partial charge in [0, 0.05) is 45.4 Å². The van der Waals surface area contributed by atoms with Gasteiger partial charge in [0.2, 0.25) is 0 Å². The van der Waals surface area contributed by atoms with Crippen LogP contribution in [-0.2, 0) is 6.54 Å². The number of rotatable bonds is 3. The smallest absolute Gasteiger partial charge is 0.0338 e. The van der Waals surface area contributed by atoms with Crippen molar-refractivity contribution in [2.24, 2.45) is 0 Å². The van der Waals surface area contributed by atoms with Crippen molar-refractivity contribution >= 4 is 27.3 Å². The van der Waals surface area contributed by atoms with Crippen LogP contribution < -0.4 is 5.32 Å². The Bertz CT molecular complexity index is 481. The van der Waals surface area contributed by atoms with Gasteiger partial charge in [-0.15, -0.1) is 11.3 Å². The molecule has 1 aromatic rings. The van der Waals surface area contributed by atoms with Crippen molar-refractivity contribution in [1.29, 1.82) is 0 Å². The second-order valence-corrected chi connectivity index (χ2v) is 9.05. The van der Waals surface area contributed by atoms with Gasteiger partial charge in [0.25, 0.3) is 0 Å². The number of halogens is 1. The Morgan fingerprint density at radius 3 is 2.71 bits per heavy atom. The van der Waals surface area contributed by atoms with Gasteiger partial charge in [-0.1, -0.05) is 26.2 Å². The van der Waals surface area contributed by atoms with Crippen LogP contribution in [-0.4, -0.2) is 29.1 Å². The van der Waals surface area contributed by atoms with E-state index >= 15 is 0 Å². The van der Waals surface area contributed by atoms with Gasteiger partial charge in [-0.3, -0.25) is 4.90 Å². The molecule has 1 aliphatic heterocycles. The first kappa shape index (κ1) is 16.0. The van der Waals surface area contributed by atoms with Crippen molar-refractivity contribution in [3.05, 3.63) is 20.8 Å². The average molecular weight is 371 g/mol. The number of nitrogens with one attached hydrogen (secondary N) is 1. The van der Waals surface area contributed by atoms with Gasteiger partial charge >= 0.3 is 0 Å². The maximum Gasteiger partial charge on any atom is 0.0338 e. The summed E-state index contributed by atoms with van der Waals surface area (Å²) in [6.07, 6.45) is 8.15. The first-order valence-electron chi connectivity index (χ1n) is 8.28. The van der Waals surface area contributed by atoms with Gasteiger partial charge in [-0.25, -0.2) is 0 Å². The summed E-state index contributed by atoms with van der Waals surface area (Å²) in [6.45, 7) is 8.17. The second-order valence-electron chi connectivity index (χ2n) is 7.14. The minimum Gasteiger partial charge on any atom is -0.308 e. The van der Waals surface area contributed by atoms with Crippen LogP contribution >= 0.6 is 27.3 Å². The predicted octanol–water partition coefficient (Wildman–Crippen LogP) is 4.79. The zero-order valence-corrected chi connectivity index (χ0v) is 15.7. The van der Waals surface area contributed by atoms with Gasteiger partial charge in [-0.05, 0) is 48.2 Å². The summed E-state index contributed by atoms with van der Waals surface area (Å²) in [7, 11) is 0. The quantitative estimate of drug-likeness (QED) is 0.822. The molecule has 1 N–H and O–H groups in total. The van der Waals surface area contributed by atoms with E-state index in [0.717, 1.165) is 6.54 Å². The van der Waals surface area contributed by atoms with Crippen LogP contribution in [0.1, 0.15) is 57.2 Å². The first-order chi connectivity index (χ1) is 10.1. The van der Waals surface area contributed by atoms with Crippen molar-refractivity contribution in [2.75, 3.05) is 13.1 Å². The topological polar surface area (TPSA) is 15.3 Å². The number of hydrogen-bond acceptors (Lipinski definition) is 3. The van der Waals surface area contributed by atoms with Gasteiger partial charge in [0.05, 0.1) is 0 Å². The van der Waals surface area contributed by atoms with Crippen LogP contribution in [0.4, 0.5) is 0 Å². The molecule has 0 bridgehead atoms. The highest BCUT2D eigenvalue weighted by Gasteiger charge is 2.45. The summed E-state index contributed by atoms with van der Waals surface area (Å²) in [5.74, 6) is 0. The fourth-order valence-electron chi connectivity index (χ4n) is 3.92. The van der Waals surface area contributed by atoms with E-state index in [9.17, 15) is 0 Å². The lowest BCUT2D eigenvalue weighted by molar-refractivity contribution is -0.0210. The van der Waals surface area contributed by atoms with Crippen LogP contribution in [0.5, 0.6) is 0 Å². The molecule has 3 rings (SSSR count). The molecule has 1 aliphatic carbocycles. The van der Waals surface area contributed by atoms with Crippen LogP contribution in [0.15, 0.2) is 15.9 Å². The van der Waals surface area contributed by atoms with E-state index in [1.807, 2.05) is 11.3 Å². The van der Waals surface area contributed by atoms with Crippen molar-refractivity contribution in [3.8, 4) is 0 Å². The Morgan fingerprint density at radius 2 is 2.10 bits per heavy atom. The molecular formula is C17H27BrN2S. The van der Waals surface area contributed by atoms with Gasteiger partial charge < -0.3 is 5.32 Å². The van der Waals surface area contributed by atoms with Crippen LogP contribution in [0.25, 0.3) is 0 Å². The molecule has 2 nitrogen and oxygen atoms in total. The lowest BCUT2D eigenvalue weighted by atomic mass is 9.76. The highest BCUT2D eigenvalue weighted by Crippen LogP contribution is 2.39. The van der Waals surface area contributed by atoms with Crippen molar-refractivity contribution in [2.45, 2.75) is 70.0 Å². The maximum atomic E-state index is 3.88. The third-order valence-corrected chi connectivity index (χ3v) is 7.27. The van der Waals surface area contributed by atoms with E-state index in [1.54, 1.807) is 0 Å². The molecule has 21 heavy (non-hydrogen) atoms. The Balaban J connectivity index is 1.81. The molecule has 1 aromatic heterocycles. The maximum absolute atomic E-state index is 3.88. The second kappa shape index (κ2) is 6.31. The highest BCUT2D eigenvalue weighted by atomic mass is 79.9.